The average molecular weight is 275 g/mol. The number of anilines is 2. The summed E-state index contributed by atoms with van der Waals surface area (Å²) in [6, 6.07) is 3.46. The van der Waals surface area contributed by atoms with Crippen LogP contribution in [0.2, 0.25) is 10.0 Å². The van der Waals surface area contributed by atoms with E-state index >= 15 is 0 Å². The number of hydrogen-bond donors (Lipinski definition) is 1. The second kappa shape index (κ2) is 4.92. The monoisotopic (exact) mass is 274 g/mol. The molecule has 3 nitrogen and oxygen atoms in total. The van der Waals surface area contributed by atoms with Gasteiger partial charge in [-0.15, -0.1) is 0 Å². The van der Waals surface area contributed by atoms with Gasteiger partial charge >= 0.3 is 0 Å². The lowest BCUT2D eigenvalue weighted by Gasteiger charge is -2.37. The molecule has 0 bridgehead atoms. The Morgan fingerprint density at radius 2 is 1.65 bits per heavy atom. The third-order valence-electron chi connectivity index (χ3n) is 2.78. The van der Waals surface area contributed by atoms with E-state index in [1.54, 1.807) is 12.1 Å². The molecule has 1 saturated heterocycles. The Morgan fingerprint density at radius 3 is 2.12 bits per heavy atom. The van der Waals surface area contributed by atoms with Crippen LogP contribution in [0.25, 0.3) is 0 Å². The summed E-state index contributed by atoms with van der Waals surface area (Å²) in [5, 5.41) is 1.19. The Morgan fingerprint density at radius 1 is 1.18 bits per heavy atom. The first-order valence-corrected chi connectivity index (χ1v) is 6.38. The molecule has 94 valence electrons. The van der Waals surface area contributed by atoms with Crippen LogP contribution in [0.15, 0.2) is 12.1 Å². The zero-order valence-corrected chi connectivity index (χ0v) is 11.4. The molecular weight excluding hydrogens is 259 g/mol. The van der Waals surface area contributed by atoms with E-state index < -0.39 is 0 Å². The lowest BCUT2D eigenvalue weighted by atomic mass is 10.2. The zero-order chi connectivity index (χ0) is 12.6. The normalized spacial score (nSPS) is 25.1. The Hall–Kier alpha value is -0.640. The Bertz CT molecular complexity index is 392. The largest absolute Gasteiger partial charge is 0.399 e. The fourth-order valence-corrected chi connectivity index (χ4v) is 2.99. The van der Waals surface area contributed by atoms with Crippen LogP contribution in [-0.2, 0) is 4.74 Å². The highest BCUT2D eigenvalue weighted by molar-refractivity contribution is 6.39. The number of hydrogen-bond acceptors (Lipinski definition) is 3. The van der Waals surface area contributed by atoms with Crippen LogP contribution in [0, 0.1) is 0 Å². The van der Waals surface area contributed by atoms with Crippen LogP contribution in [0.4, 0.5) is 11.4 Å². The van der Waals surface area contributed by atoms with Crippen LogP contribution in [0.1, 0.15) is 13.8 Å². The topological polar surface area (TPSA) is 38.5 Å². The Kier molecular flexibility index (Phi) is 3.71. The molecule has 1 fully saturated rings. The third kappa shape index (κ3) is 2.79. The number of nitrogen functional groups attached to an aromatic ring is 1. The molecule has 0 saturated carbocycles. The molecule has 1 aliphatic rings. The van der Waals surface area contributed by atoms with Crippen molar-refractivity contribution in [2.24, 2.45) is 0 Å². The highest BCUT2D eigenvalue weighted by atomic mass is 35.5. The molecule has 0 amide bonds. The van der Waals surface area contributed by atoms with Crippen molar-refractivity contribution in [1.82, 2.24) is 0 Å². The first-order valence-electron chi connectivity index (χ1n) is 5.62. The van der Waals surface area contributed by atoms with Gasteiger partial charge in [0, 0.05) is 18.8 Å². The fourth-order valence-electron chi connectivity index (χ4n) is 2.25. The van der Waals surface area contributed by atoms with Gasteiger partial charge in [-0.3, -0.25) is 0 Å². The summed E-state index contributed by atoms with van der Waals surface area (Å²) < 4.78 is 5.69. The van der Waals surface area contributed by atoms with Crippen molar-refractivity contribution in [3.8, 4) is 0 Å². The maximum absolute atomic E-state index is 6.22. The minimum Gasteiger partial charge on any atom is -0.399 e. The molecule has 0 spiro atoms. The van der Waals surface area contributed by atoms with Gasteiger partial charge in [0.1, 0.15) is 0 Å². The van der Waals surface area contributed by atoms with Gasteiger partial charge in [-0.25, -0.2) is 0 Å². The van der Waals surface area contributed by atoms with Crippen LogP contribution >= 0.6 is 23.2 Å². The van der Waals surface area contributed by atoms with Gasteiger partial charge in [0.2, 0.25) is 0 Å². The molecule has 1 aromatic carbocycles. The number of morpholine rings is 1. The lowest BCUT2D eigenvalue weighted by molar-refractivity contribution is -0.00519. The van der Waals surface area contributed by atoms with Gasteiger partial charge in [0.05, 0.1) is 27.9 Å². The molecule has 0 aromatic heterocycles. The van der Waals surface area contributed by atoms with Gasteiger partial charge < -0.3 is 15.4 Å². The van der Waals surface area contributed by atoms with Crippen molar-refractivity contribution < 1.29 is 4.74 Å². The molecule has 5 heteroatoms. The van der Waals surface area contributed by atoms with E-state index in [0.717, 1.165) is 18.8 Å². The molecule has 1 aromatic rings. The molecule has 2 N–H and O–H groups in total. The summed E-state index contributed by atoms with van der Waals surface area (Å²) >= 11 is 12.4. The van der Waals surface area contributed by atoms with E-state index in [2.05, 4.69) is 4.90 Å². The second-order valence-corrected chi connectivity index (χ2v) is 5.31. The predicted molar refractivity (Wildman–Crippen MR) is 73.1 cm³/mol. The molecule has 1 aliphatic heterocycles. The van der Waals surface area contributed by atoms with Gasteiger partial charge in [0.25, 0.3) is 0 Å². The summed E-state index contributed by atoms with van der Waals surface area (Å²) in [6.45, 7) is 5.66. The van der Waals surface area contributed by atoms with Gasteiger partial charge in [-0.05, 0) is 26.0 Å². The molecule has 0 aliphatic carbocycles. The Labute approximate surface area is 111 Å². The van der Waals surface area contributed by atoms with E-state index in [-0.39, 0.29) is 12.2 Å². The highest BCUT2D eigenvalue weighted by Gasteiger charge is 2.25. The van der Waals surface area contributed by atoms with Gasteiger partial charge in [-0.2, -0.15) is 0 Å². The third-order valence-corrected chi connectivity index (χ3v) is 3.35. The van der Waals surface area contributed by atoms with Crippen molar-refractivity contribution in [3.63, 3.8) is 0 Å². The maximum Gasteiger partial charge on any atom is 0.0748 e. The number of nitrogens with two attached hydrogens (primary N) is 1. The summed E-state index contributed by atoms with van der Waals surface area (Å²) in [5.74, 6) is 0. The van der Waals surface area contributed by atoms with Crippen molar-refractivity contribution in [1.29, 1.82) is 0 Å². The van der Waals surface area contributed by atoms with Crippen molar-refractivity contribution >= 4 is 34.6 Å². The van der Waals surface area contributed by atoms with Crippen LogP contribution < -0.4 is 10.6 Å². The zero-order valence-electron chi connectivity index (χ0n) is 9.91. The maximum atomic E-state index is 6.22. The molecule has 1 heterocycles. The minimum atomic E-state index is 0.170. The number of halogens is 2. The van der Waals surface area contributed by atoms with Crippen molar-refractivity contribution in [2.75, 3.05) is 23.7 Å². The van der Waals surface area contributed by atoms with Gasteiger partial charge in [-0.1, -0.05) is 23.2 Å². The highest BCUT2D eigenvalue weighted by Crippen LogP contribution is 2.37. The van der Waals surface area contributed by atoms with E-state index in [1.165, 1.54) is 0 Å². The average Bonchev–Trinajstić information content (AvgIpc) is 2.13. The molecule has 2 atom stereocenters. The molecule has 2 rings (SSSR count). The lowest BCUT2D eigenvalue weighted by Crippen LogP contribution is -2.45. The Balaban J connectivity index is 2.33. The standard InChI is InChI=1S/C12H16Cl2N2O/c1-7-5-16(6-8(2)17-7)12-10(13)3-9(15)4-11(12)14/h3-4,7-8H,5-6,15H2,1-2H3/t7-,8-/m1/s1. The first-order chi connectivity index (χ1) is 7.97. The van der Waals surface area contributed by atoms with E-state index in [0.29, 0.717) is 15.7 Å². The van der Waals surface area contributed by atoms with Crippen LogP contribution in [0.5, 0.6) is 0 Å². The smallest absolute Gasteiger partial charge is 0.0748 e. The molecule has 17 heavy (non-hydrogen) atoms. The first kappa shape index (κ1) is 12.8. The van der Waals surface area contributed by atoms with E-state index in [9.17, 15) is 0 Å². The van der Waals surface area contributed by atoms with Crippen LogP contribution in [0.3, 0.4) is 0 Å². The number of rotatable bonds is 1. The predicted octanol–water partition coefficient (Wildman–Crippen LogP) is 3.19. The second-order valence-electron chi connectivity index (χ2n) is 4.50. The summed E-state index contributed by atoms with van der Waals surface area (Å²) in [5.41, 5.74) is 7.13. The van der Waals surface area contributed by atoms with E-state index in [1.807, 2.05) is 13.8 Å². The number of nitrogens with zero attached hydrogens (tertiary/aromatic N) is 1. The molecule has 0 unspecified atom stereocenters. The fraction of sp³-hybridized carbons (Fsp3) is 0.500. The molecular formula is C12H16Cl2N2O. The van der Waals surface area contributed by atoms with Crippen LogP contribution in [-0.4, -0.2) is 25.3 Å². The molecule has 0 radical (unpaired) electrons. The summed E-state index contributed by atoms with van der Waals surface area (Å²) in [7, 11) is 0. The number of ether oxygens (including phenoxy) is 1. The quantitative estimate of drug-likeness (QED) is 0.800. The number of benzene rings is 1. The minimum absolute atomic E-state index is 0.170. The summed E-state index contributed by atoms with van der Waals surface area (Å²) in [6.07, 6.45) is 0.340. The van der Waals surface area contributed by atoms with Crippen molar-refractivity contribution in [3.05, 3.63) is 22.2 Å². The van der Waals surface area contributed by atoms with E-state index in [4.69, 9.17) is 33.7 Å². The van der Waals surface area contributed by atoms with Gasteiger partial charge in [0.15, 0.2) is 0 Å². The summed E-state index contributed by atoms with van der Waals surface area (Å²) in [4.78, 5) is 2.16. The SMILES string of the molecule is C[C@@H]1CN(c2c(Cl)cc(N)cc2Cl)C[C@@H](C)O1. The van der Waals surface area contributed by atoms with Crippen molar-refractivity contribution in [2.45, 2.75) is 26.1 Å².